The first-order chi connectivity index (χ1) is 10.3. The molecule has 0 heterocycles. The van der Waals surface area contributed by atoms with E-state index in [0.29, 0.717) is 13.2 Å². The number of amides is 1. The van der Waals surface area contributed by atoms with Crippen LogP contribution in [-0.4, -0.2) is 19.1 Å². The molecule has 3 nitrogen and oxygen atoms in total. The number of nitrogens with one attached hydrogen (secondary N) is 1. The molecule has 0 aliphatic carbocycles. The lowest BCUT2D eigenvalue weighted by atomic mass is 10.2. The largest absolute Gasteiger partial charge is 0.494 e. The summed E-state index contributed by atoms with van der Waals surface area (Å²) >= 11 is 2.18. The number of carbonyl (C=O) groups excluding carboxylic acids is 1. The molecule has 0 saturated heterocycles. The van der Waals surface area contributed by atoms with Gasteiger partial charge in [0.1, 0.15) is 5.75 Å². The zero-order valence-electron chi connectivity index (χ0n) is 11.7. The van der Waals surface area contributed by atoms with Crippen molar-refractivity contribution < 1.29 is 9.53 Å². The highest BCUT2D eigenvalue weighted by molar-refractivity contribution is 14.1. The molecule has 0 saturated carbocycles. The maximum atomic E-state index is 12.0. The molecule has 110 valence electrons. The van der Waals surface area contributed by atoms with Crippen molar-refractivity contribution in [3.8, 4) is 5.75 Å². The number of para-hydroxylation sites is 1. The molecular formula is C17H18INO2. The van der Waals surface area contributed by atoms with Crippen LogP contribution in [0, 0.1) is 3.57 Å². The average Bonchev–Trinajstić information content (AvgIpc) is 2.52. The Balaban J connectivity index is 1.62. The van der Waals surface area contributed by atoms with E-state index in [1.165, 1.54) is 0 Å². The number of unbranched alkanes of at least 4 members (excludes halogenated alkanes) is 1. The van der Waals surface area contributed by atoms with Gasteiger partial charge in [0.05, 0.1) is 12.2 Å². The Kier molecular flexibility index (Phi) is 6.53. The van der Waals surface area contributed by atoms with Crippen LogP contribution in [0.3, 0.4) is 0 Å². The van der Waals surface area contributed by atoms with Gasteiger partial charge in [0, 0.05) is 10.1 Å². The van der Waals surface area contributed by atoms with E-state index in [1.54, 1.807) is 0 Å². The standard InChI is InChI=1S/C17H18INO2/c18-16-11-5-4-10-15(16)17(20)19-12-6-7-13-21-14-8-2-1-3-9-14/h1-5,8-11H,6-7,12-13H2,(H,19,20). The van der Waals surface area contributed by atoms with Crippen LogP contribution in [0.15, 0.2) is 54.6 Å². The Morgan fingerprint density at radius 3 is 2.48 bits per heavy atom. The Morgan fingerprint density at radius 1 is 1.00 bits per heavy atom. The lowest BCUT2D eigenvalue weighted by molar-refractivity contribution is 0.0951. The summed E-state index contributed by atoms with van der Waals surface area (Å²) in [6, 6.07) is 17.3. The first-order valence-corrected chi connectivity index (χ1v) is 8.06. The van der Waals surface area contributed by atoms with Crippen LogP contribution in [0.2, 0.25) is 0 Å². The van der Waals surface area contributed by atoms with Crippen molar-refractivity contribution >= 4 is 28.5 Å². The molecule has 4 heteroatoms. The zero-order chi connectivity index (χ0) is 14.9. The SMILES string of the molecule is O=C(NCCCCOc1ccccc1)c1ccccc1I. The van der Waals surface area contributed by atoms with Gasteiger partial charge in [0.2, 0.25) is 0 Å². The lowest BCUT2D eigenvalue weighted by Gasteiger charge is -2.08. The number of hydrogen-bond donors (Lipinski definition) is 1. The summed E-state index contributed by atoms with van der Waals surface area (Å²) in [5.41, 5.74) is 0.735. The third-order valence-corrected chi connectivity index (χ3v) is 3.93. The molecule has 0 aromatic heterocycles. The van der Waals surface area contributed by atoms with E-state index in [0.717, 1.165) is 27.7 Å². The predicted molar refractivity (Wildman–Crippen MR) is 92.7 cm³/mol. The van der Waals surface area contributed by atoms with Gasteiger partial charge >= 0.3 is 0 Å². The van der Waals surface area contributed by atoms with Gasteiger partial charge in [-0.1, -0.05) is 30.3 Å². The molecule has 1 amide bonds. The number of benzene rings is 2. The molecule has 2 aromatic rings. The van der Waals surface area contributed by atoms with E-state index in [1.807, 2.05) is 54.6 Å². The van der Waals surface area contributed by atoms with Gasteiger partial charge in [-0.2, -0.15) is 0 Å². The van der Waals surface area contributed by atoms with Crippen LogP contribution in [-0.2, 0) is 0 Å². The number of rotatable bonds is 7. The van der Waals surface area contributed by atoms with Crippen molar-refractivity contribution in [3.05, 3.63) is 63.7 Å². The van der Waals surface area contributed by atoms with Crippen molar-refractivity contribution in [2.24, 2.45) is 0 Å². The van der Waals surface area contributed by atoms with Crippen LogP contribution in [0.25, 0.3) is 0 Å². The number of carbonyl (C=O) groups is 1. The molecule has 0 atom stereocenters. The van der Waals surface area contributed by atoms with Gasteiger partial charge in [-0.25, -0.2) is 0 Å². The molecule has 0 aliphatic rings. The van der Waals surface area contributed by atoms with Crippen molar-refractivity contribution in [1.82, 2.24) is 5.32 Å². The minimum absolute atomic E-state index is 0.0102. The molecule has 0 radical (unpaired) electrons. The second-order valence-electron chi connectivity index (χ2n) is 4.60. The van der Waals surface area contributed by atoms with Gasteiger partial charge in [0.25, 0.3) is 5.91 Å². The smallest absolute Gasteiger partial charge is 0.252 e. The van der Waals surface area contributed by atoms with Gasteiger partial charge < -0.3 is 10.1 Å². The second kappa shape index (κ2) is 8.67. The molecule has 0 aliphatic heterocycles. The minimum Gasteiger partial charge on any atom is -0.494 e. The van der Waals surface area contributed by atoms with Crippen LogP contribution >= 0.6 is 22.6 Å². The highest BCUT2D eigenvalue weighted by atomic mass is 127. The van der Waals surface area contributed by atoms with Gasteiger partial charge in [-0.3, -0.25) is 4.79 Å². The van der Waals surface area contributed by atoms with E-state index in [9.17, 15) is 4.79 Å². The van der Waals surface area contributed by atoms with Gasteiger partial charge in [0.15, 0.2) is 0 Å². The lowest BCUT2D eigenvalue weighted by Crippen LogP contribution is -2.25. The fourth-order valence-corrected chi connectivity index (χ4v) is 2.51. The quantitative estimate of drug-likeness (QED) is 0.571. The monoisotopic (exact) mass is 395 g/mol. The van der Waals surface area contributed by atoms with Gasteiger partial charge in [-0.15, -0.1) is 0 Å². The van der Waals surface area contributed by atoms with E-state index in [2.05, 4.69) is 27.9 Å². The summed E-state index contributed by atoms with van der Waals surface area (Å²) in [6.45, 7) is 1.34. The second-order valence-corrected chi connectivity index (χ2v) is 5.77. The topological polar surface area (TPSA) is 38.3 Å². The summed E-state index contributed by atoms with van der Waals surface area (Å²) < 4.78 is 6.58. The first-order valence-electron chi connectivity index (χ1n) is 6.98. The van der Waals surface area contributed by atoms with Crippen LogP contribution in [0.5, 0.6) is 5.75 Å². The van der Waals surface area contributed by atoms with Crippen molar-refractivity contribution in [1.29, 1.82) is 0 Å². The molecule has 2 rings (SSSR count). The van der Waals surface area contributed by atoms with Crippen LogP contribution < -0.4 is 10.1 Å². The van der Waals surface area contributed by atoms with Crippen molar-refractivity contribution in [2.75, 3.05) is 13.2 Å². The fourth-order valence-electron chi connectivity index (χ4n) is 1.88. The van der Waals surface area contributed by atoms with Crippen molar-refractivity contribution in [2.45, 2.75) is 12.8 Å². The number of halogens is 1. The van der Waals surface area contributed by atoms with E-state index < -0.39 is 0 Å². The normalized spacial score (nSPS) is 10.1. The molecule has 0 spiro atoms. The molecule has 1 N–H and O–H groups in total. The maximum Gasteiger partial charge on any atom is 0.252 e. The molecule has 21 heavy (non-hydrogen) atoms. The predicted octanol–water partition coefficient (Wildman–Crippen LogP) is 3.88. The van der Waals surface area contributed by atoms with E-state index >= 15 is 0 Å². The van der Waals surface area contributed by atoms with E-state index in [-0.39, 0.29) is 5.91 Å². The van der Waals surface area contributed by atoms with Crippen LogP contribution in [0.4, 0.5) is 0 Å². The maximum absolute atomic E-state index is 12.0. The Morgan fingerprint density at radius 2 is 1.71 bits per heavy atom. The van der Waals surface area contributed by atoms with Gasteiger partial charge in [-0.05, 0) is 59.7 Å². The molecule has 0 unspecified atom stereocenters. The number of ether oxygens (including phenoxy) is 1. The highest BCUT2D eigenvalue weighted by Crippen LogP contribution is 2.11. The van der Waals surface area contributed by atoms with Crippen LogP contribution in [0.1, 0.15) is 23.2 Å². The molecular weight excluding hydrogens is 377 g/mol. The number of hydrogen-bond acceptors (Lipinski definition) is 2. The third-order valence-electron chi connectivity index (χ3n) is 2.99. The van der Waals surface area contributed by atoms with E-state index in [4.69, 9.17) is 4.74 Å². The summed E-state index contributed by atoms with van der Waals surface area (Å²) in [6.07, 6.45) is 1.82. The highest BCUT2D eigenvalue weighted by Gasteiger charge is 2.07. The summed E-state index contributed by atoms with van der Waals surface area (Å²) in [4.78, 5) is 12.0. The Labute approximate surface area is 138 Å². The average molecular weight is 395 g/mol. The molecule has 2 aromatic carbocycles. The van der Waals surface area contributed by atoms with Crippen molar-refractivity contribution in [3.63, 3.8) is 0 Å². The molecule has 0 bridgehead atoms. The fraction of sp³-hybridized carbons (Fsp3) is 0.235. The zero-order valence-corrected chi connectivity index (χ0v) is 13.9. The minimum atomic E-state index is -0.0102. The Bertz CT molecular complexity index is 572. The Hall–Kier alpha value is -1.56. The summed E-state index contributed by atoms with van der Waals surface area (Å²) in [5.74, 6) is 0.879. The molecule has 0 fully saturated rings. The third kappa shape index (κ3) is 5.38. The first kappa shape index (κ1) is 15.8. The summed E-state index contributed by atoms with van der Waals surface area (Å²) in [5, 5.41) is 2.94. The summed E-state index contributed by atoms with van der Waals surface area (Å²) in [7, 11) is 0.